The molecule has 0 aliphatic carbocycles. The van der Waals surface area contributed by atoms with Crippen LogP contribution < -0.4 is 9.47 Å². The van der Waals surface area contributed by atoms with E-state index in [1.54, 1.807) is 18.2 Å². The minimum Gasteiger partial charge on any atom is -0.478 e. The molecule has 0 radical (unpaired) electrons. The van der Waals surface area contributed by atoms with Crippen LogP contribution in [0, 0.1) is 5.82 Å². The maximum absolute atomic E-state index is 13.4. The molecule has 0 spiro atoms. The number of carboxylic acids is 1. The third-order valence-electron chi connectivity index (χ3n) is 5.81. The number of rotatable bonds is 8. The lowest BCUT2D eigenvalue weighted by Gasteiger charge is -2.25. The molecule has 7 nitrogen and oxygen atoms in total. The Kier molecular flexibility index (Phi) is 7.45. The second-order valence-electron chi connectivity index (χ2n) is 8.28. The second kappa shape index (κ2) is 10.9. The molecule has 0 saturated carbocycles. The smallest absolute Gasteiger partial charge is 0.345 e. The van der Waals surface area contributed by atoms with Crippen molar-refractivity contribution in [3.63, 3.8) is 0 Å². The van der Waals surface area contributed by atoms with Gasteiger partial charge in [0, 0.05) is 12.8 Å². The molecular formula is C26H22BrFN2O5S. The van der Waals surface area contributed by atoms with Crippen LogP contribution in [0.1, 0.15) is 24.8 Å². The summed E-state index contributed by atoms with van der Waals surface area (Å²) < 4.78 is 31.8. The Hall–Kier alpha value is -3.08. The molecule has 2 atom stereocenters. The molecule has 5 rings (SSSR count). The summed E-state index contributed by atoms with van der Waals surface area (Å²) in [5.41, 5.74) is 1.49. The highest BCUT2D eigenvalue weighted by atomic mass is 79.9. The zero-order chi connectivity index (χ0) is 25.1. The standard InChI is InChI=1S/C26H22BrFN2O5S/c27-22-21-24(29-14-30-25(21)36-23(22)15-8-10-17(28)11-9-15)35-19(26(31)32)13-16-5-1-2-6-18(16)34-20-7-3-4-12-33-20/h1-2,5-6,8-11,14,19-20H,3-4,7,12-13H2,(H,31,32)/t19-,20?/m0/s1. The van der Waals surface area contributed by atoms with Gasteiger partial charge in [0.1, 0.15) is 22.7 Å². The first kappa shape index (κ1) is 24.6. The van der Waals surface area contributed by atoms with Crippen molar-refractivity contribution in [1.29, 1.82) is 0 Å². The van der Waals surface area contributed by atoms with E-state index in [1.807, 2.05) is 18.2 Å². The zero-order valence-electron chi connectivity index (χ0n) is 19.0. The zero-order valence-corrected chi connectivity index (χ0v) is 21.4. The number of aromatic nitrogens is 2. The number of carboxylic acid groups (broad SMARTS) is 1. The molecule has 3 heterocycles. The van der Waals surface area contributed by atoms with Crippen molar-refractivity contribution < 1.29 is 28.5 Å². The Balaban J connectivity index is 1.42. The van der Waals surface area contributed by atoms with E-state index in [0.717, 1.165) is 29.7 Å². The lowest BCUT2D eigenvalue weighted by atomic mass is 10.1. The van der Waals surface area contributed by atoms with E-state index in [1.165, 1.54) is 29.8 Å². The number of nitrogens with zero attached hydrogens (tertiary/aromatic N) is 2. The molecule has 0 amide bonds. The molecule has 1 unspecified atom stereocenters. The summed E-state index contributed by atoms with van der Waals surface area (Å²) in [6.45, 7) is 0.646. The van der Waals surface area contributed by atoms with Crippen LogP contribution in [0.15, 0.2) is 59.3 Å². The third-order valence-corrected chi connectivity index (χ3v) is 8.01. The van der Waals surface area contributed by atoms with Gasteiger partial charge >= 0.3 is 5.97 Å². The molecule has 1 fully saturated rings. The summed E-state index contributed by atoms with van der Waals surface area (Å²) in [6, 6.07) is 13.4. The number of carbonyl (C=O) groups is 1. The Morgan fingerprint density at radius 1 is 1.19 bits per heavy atom. The lowest BCUT2D eigenvalue weighted by molar-refractivity contribution is -0.145. The fraction of sp³-hybridized carbons (Fsp3) is 0.269. The summed E-state index contributed by atoms with van der Waals surface area (Å²) in [5.74, 6) is -0.737. The normalized spacial score (nSPS) is 16.6. The van der Waals surface area contributed by atoms with E-state index in [0.29, 0.717) is 32.6 Å². The van der Waals surface area contributed by atoms with Gasteiger partial charge in [0.25, 0.3) is 0 Å². The highest BCUT2D eigenvalue weighted by Gasteiger charge is 2.26. The number of halogens is 2. The number of ether oxygens (including phenoxy) is 3. The van der Waals surface area contributed by atoms with Crippen LogP contribution in [-0.4, -0.2) is 40.0 Å². The molecule has 1 aliphatic rings. The average molecular weight is 573 g/mol. The Labute approximate surface area is 219 Å². The summed E-state index contributed by atoms with van der Waals surface area (Å²) in [5, 5.41) is 10.5. The summed E-state index contributed by atoms with van der Waals surface area (Å²) in [4.78, 5) is 22.2. The molecule has 10 heteroatoms. The topological polar surface area (TPSA) is 90.8 Å². The summed E-state index contributed by atoms with van der Waals surface area (Å²) in [7, 11) is 0. The minimum absolute atomic E-state index is 0.0658. The Morgan fingerprint density at radius 3 is 2.75 bits per heavy atom. The van der Waals surface area contributed by atoms with Gasteiger partial charge in [0.15, 0.2) is 6.29 Å². The van der Waals surface area contributed by atoms with Gasteiger partial charge in [-0.15, -0.1) is 11.3 Å². The molecular weight excluding hydrogens is 551 g/mol. The maximum atomic E-state index is 13.4. The van der Waals surface area contributed by atoms with E-state index < -0.39 is 12.1 Å². The molecule has 186 valence electrons. The van der Waals surface area contributed by atoms with Gasteiger partial charge in [-0.05, 0) is 58.1 Å². The molecule has 1 aliphatic heterocycles. The van der Waals surface area contributed by atoms with Crippen molar-refractivity contribution in [2.75, 3.05) is 6.61 Å². The van der Waals surface area contributed by atoms with Crippen LogP contribution in [0.25, 0.3) is 20.7 Å². The van der Waals surface area contributed by atoms with Crippen LogP contribution in [0.4, 0.5) is 4.39 Å². The van der Waals surface area contributed by atoms with Gasteiger partial charge in [-0.25, -0.2) is 19.2 Å². The lowest BCUT2D eigenvalue weighted by Crippen LogP contribution is -2.30. The van der Waals surface area contributed by atoms with E-state index in [4.69, 9.17) is 14.2 Å². The van der Waals surface area contributed by atoms with Crippen LogP contribution in [0.5, 0.6) is 11.6 Å². The number of benzene rings is 2. The molecule has 2 aromatic heterocycles. The number of hydrogen-bond donors (Lipinski definition) is 1. The number of aliphatic carboxylic acids is 1. The van der Waals surface area contributed by atoms with E-state index in [2.05, 4.69) is 25.9 Å². The van der Waals surface area contributed by atoms with Crippen molar-refractivity contribution in [3.8, 4) is 22.1 Å². The van der Waals surface area contributed by atoms with Crippen molar-refractivity contribution in [2.24, 2.45) is 0 Å². The molecule has 2 aromatic carbocycles. The first-order valence-electron chi connectivity index (χ1n) is 11.4. The van der Waals surface area contributed by atoms with Crippen LogP contribution >= 0.6 is 27.3 Å². The fourth-order valence-corrected chi connectivity index (χ4v) is 5.99. The quantitative estimate of drug-likeness (QED) is 0.267. The van der Waals surface area contributed by atoms with Crippen LogP contribution in [-0.2, 0) is 16.0 Å². The van der Waals surface area contributed by atoms with Crippen molar-refractivity contribution in [2.45, 2.75) is 38.1 Å². The molecule has 1 saturated heterocycles. The second-order valence-corrected chi connectivity index (χ2v) is 10.1. The molecule has 4 aromatic rings. The molecule has 1 N–H and O–H groups in total. The van der Waals surface area contributed by atoms with Crippen LogP contribution in [0.2, 0.25) is 0 Å². The predicted molar refractivity (Wildman–Crippen MR) is 137 cm³/mol. The largest absolute Gasteiger partial charge is 0.478 e. The number of fused-ring (bicyclic) bond motifs is 1. The van der Waals surface area contributed by atoms with Gasteiger partial charge in [-0.2, -0.15) is 0 Å². The first-order valence-corrected chi connectivity index (χ1v) is 13.0. The molecule has 0 bridgehead atoms. The molecule has 36 heavy (non-hydrogen) atoms. The Morgan fingerprint density at radius 2 is 2.00 bits per heavy atom. The summed E-state index contributed by atoms with van der Waals surface area (Å²) in [6.07, 6.45) is 2.65. The third kappa shape index (κ3) is 5.35. The van der Waals surface area contributed by atoms with Gasteiger partial charge in [-0.3, -0.25) is 0 Å². The SMILES string of the molecule is O=C(O)[C@H](Cc1ccccc1OC1CCCCO1)Oc1ncnc2sc(-c3ccc(F)cc3)c(Br)c12. The van der Waals surface area contributed by atoms with E-state index in [-0.39, 0.29) is 24.4 Å². The van der Waals surface area contributed by atoms with Crippen molar-refractivity contribution in [3.05, 3.63) is 70.7 Å². The minimum atomic E-state index is -1.22. The highest BCUT2D eigenvalue weighted by Crippen LogP contribution is 2.44. The van der Waals surface area contributed by atoms with Crippen molar-refractivity contribution >= 4 is 43.5 Å². The fourth-order valence-electron chi connectivity index (χ4n) is 4.00. The van der Waals surface area contributed by atoms with Gasteiger partial charge in [0.2, 0.25) is 12.0 Å². The van der Waals surface area contributed by atoms with Gasteiger partial charge < -0.3 is 19.3 Å². The van der Waals surface area contributed by atoms with Gasteiger partial charge in [-0.1, -0.05) is 30.3 Å². The monoisotopic (exact) mass is 572 g/mol. The van der Waals surface area contributed by atoms with E-state index >= 15 is 0 Å². The Bertz CT molecular complexity index is 1370. The highest BCUT2D eigenvalue weighted by molar-refractivity contribution is 9.10. The maximum Gasteiger partial charge on any atom is 0.345 e. The number of para-hydroxylation sites is 1. The van der Waals surface area contributed by atoms with E-state index in [9.17, 15) is 14.3 Å². The summed E-state index contributed by atoms with van der Waals surface area (Å²) >= 11 is 4.97. The van der Waals surface area contributed by atoms with Crippen molar-refractivity contribution in [1.82, 2.24) is 9.97 Å². The number of hydrogen-bond acceptors (Lipinski definition) is 7. The first-order chi connectivity index (χ1) is 17.5. The predicted octanol–water partition coefficient (Wildman–Crippen LogP) is 6.24. The van der Waals surface area contributed by atoms with Gasteiger partial charge in [0.05, 0.1) is 21.3 Å². The van der Waals surface area contributed by atoms with Crippen LogP contribution in [0.3, 0.4) is 0 Å². The average Bonchev–Trinajstić information content (AvgIpc) is 3.23. The number of thiophene rings is 1.